The zero-order chi connectivity index (χ0) is 11.3. The molecule has 0 spiro atoms. The van der Waals surface area contributed by atoms with Crippen molar-refractivity contribution in [3.63, 3.8) is 0 Å². The largest absolute Gasteiger partial charge is 0.507 e. The van der Waals surface area contributed by atoms with Gasteiger partial charge in [0.25, 0.3) is 0 Å². The fraction of sp³-hybridized carbons (Fsp3) is 0.250. The van der Waals surface area contributed by atoms with Crippen molar-refractivity contribution in [1.82, 2.24) is 0 Å². The normalized spacial score (nSPS) is 10.5. The average Bonchev–Trinajstić information content (AvgIpc) is 2.22. The number of aryl methyl sites for hydroxylation is 1. The van der Waals surface area contributed by atoms with Crippen LogP contribution in [0.5, 0.6) is 5.75 Å². The van der Waals surface area contributed by atoms with Crippen molar-refractivity contribution < 1.29 is 14.6 Å². The van der Waals surface area contributed by atoms with E-state index in [1.807, 2.05) is 13.0 Å². The third-order valence-electron chi connectivity index (χ3n) is 2.10. The molecule has 15 heavy (non-hydrogen) atoms. The average molecular weight is 206 g/mol. The lowest BCUT2D eigenvalue weighted by molar-refractivity contribution is -0.139. The van der Waals surface area contributed by atoms with E-state index in [1.165, 1.54) is 7.11 Å². The van der Waals surface area contributed by atoms with Gasteiger partial charge in [-0.25, -0.2) is 0 Å². The Morgan fingerprint density at radius 3 is 2.87 bits per heavy atom. The van der Waals surface area contributed by atoms with Gasteiger partial charge in [0.1, 0.15) is 5.75 Å². The summed E-state index contributed by atoms with van der Waals surface area (Å²) in [6.07, 6.45) is 3.61. The predicted octanol–water partition coefficient (Wildman–Crippen LogP) is 2.28. The molecule has 0 saturated carbocycles. The monoisotopic (exact) mass is 206 g/mol. The van der Waals surface area contributed by atoms with Crippen molar-refractivity contribution in [2.24, 2.45) is 0 Å². The summed E-state index contributed by atoms with van der Waals surface area (Å²) in [4.78, 5) is 10.8. The van der Waals surface area contributed by atoms with Gasteiger partial charge in [-0.05, 0) is 18.6 Å². The van der Waals surface area contributed by atoms with Crippen molar-refractivity contribution in [3.05, 3.63) is 35.4 Å². The highest BCUT2D eigenvalue weighted by Crippen LogP contribution is 2.21. The third-order valence-corrected chi connectivity index (χ3v) is 2.10. The summed E-state index contributed by atoms with van der Waals surface area (Å²) < 4.78 is 4.50. The molecule has 1 aromatic rings. The molecule has 1 aromatic carbocycles. The number of esters is 1. The highest BCUT2D eigenvalue weighted by molar-refractivity contribution is 5.73. The molecule has 0 radical (unpaired) electrons. The van der Waals surface area contributed by atoms with Crippen LogP contribution >= 0.6 is 0 Å². The molecule has 0 aromatic heterocycles. The molecular weight excluding hydrogens is 192 g/mol. The van der Waals surface area contributed by atoms with Gasteiger partial charge in [-0.3, -0.25) is 4.79 Å². The maximum atomic E-state index is 10.8. The molecule has 0 aliphatic heterocycles. The first-order valence-electron chi connectivity index (χ1n) is 4.67. The molecule has 0 amide bonds. The summed E-state index contributed by atoms with van der Waals surface area (Å²) >= 11 is 0. The second kappa shape index (κ2) is 5.20. The topological polar surface area (TPSA) is 46.5 Å². The minimum atomic E-state index is -0.292. The predicted molar refractivity (Wildman–Crippen MR) is 58.5 cm³/mol. The first-order chi connectivity index (χ1) is 7.15. The van der Waals surface area contributed by atoms with Crippen molar-refractivity contribution >= 4 is 12.0 Å². The fourth-order valence-corrected chi connectivity index (χ4v) is 1.24. The summed E-state index contributed by atoms with van der Waals surface area (Å²) in [6, 6.07) is 5.30. The lowest BCUT2D eigenvalue weighted by atomic mass is 10.1. The number of hydrogen-bond acceptors (Lipinski definition) is 3. The van der Waals surface area contributed by atoms with Crippen LogP contribution in [0.15, 0.2) is 24.3 Å². The van der Waals surface area contributed by atoms with Crippen molar-refractivity contribution in [1.29, 1.82) is 0 Å². The second-order valence-electron chi connectivity index (χ2n) is 3.19. The Kier molecular flexibility index (Phi) is 3.92. The number of rotatable bonds is 3. The van der Waals surface area contributed by atoms with Gasteiger partial charge < -0.3 is 9.84 Å². The van der Waals surface area contributed by atoms with E-state index in [9.17, 15) is 9.90 Å². The summed E-state index contributed by atoms with van der Waals surface area (Å²) in [5.41, 5.74) is 1.71. The number of benzene rings is 1. The molecule has 0 saturated heterocycles. The van der Waals surface area contributed by atoms with Gasteiger partial charge in [0.15, 0.2) is 0 Å². The second-order valence-corrected chi connectivity index (χ2v) is 3.19. The Morgan fingerprint density at radius 2 is 2.27 bits per heavy atom. The molecule has 3 nitrogen and oxygen atoms in total. The van der Waals surface area contributed by atoms with E-state index in [0.29, 0.717) is 0 Å². The summed E-state index contributed by atoms with van der Waals surface area (Å²) in [6.45, 7) is 1.90. The molecule has 0 aliphatic rings. The lowest BCUT2D eigenvalue weighted by Crippen LogP contribution is -1.96. The molecule has 0 fully saturated rings. The van der Waals surface area contributed by atoms with Crippen molar-refractivity contribution in [2.45, 2.75) is 13.3 Å². The van der Waals surface area contributed by atoms with Crippen LogP contribution in [0.4, 0.5) is 0 Å². The number of phenolic OH excluding ortho intramolecular Hbond substituents is 1. The van der Waals surface area contributed by atoms with E-state index in [1.54, 1.807) is 24.3 Å². The fourth-order valence-electron chi connectivity index (χ4n) is 1.24. The number of methoxy groups -OCH3 is 1. The van der Waals surface area contributed by atoms with E-state index in [-0.39, 0.29) is 18.1 Å². The molecule has 1 rings (SSSR count). The van der Waals surface area contributed by atoms with Crippen LogP contribution in [0.2, 0.25) is 0 Å². The van der Waals surface area contributed by atoms with Crippen molar-refractivity contribution in [2.75, 3.05) is 7.11 Å². The van der Waals surface area contributed by atoms with E-state index >= 15 is 0 Å². The van der Waals surface area contributed by atoms with Crippen LogP contribution < -0.4 is 0 Å². The smallest absolute Gasteiger partial charge is 0.309 e. The molecular formula is C12H14O3. The number of hydrogen-bond donors (Lipinski definition) is 1. The first-order valence-corrected chi connectivity index (χ1v) is 4.67. The maximum Gasteiger partial charge on any atom is 0.309 e. The summed E-state index contributed by atoms with van der Waals surface area (Å²) in [7, 11) is 1.35. The minimum Gasteiger partial charge on any atom is -0.507 e. The van der Waals surface area contributed by atoms with Gasteiger partial charge in [-0.2, -0.15) is 0 Å². The Labute approximate surface area is 89.0 Å². The highest BCUT2D eigenvalue weighted by Gasteiger charge is 2.00. The highest BCUT2D eigenvalue weighted by atomic mass is 16.5. The SMILES string of the molecule is COC(=O)CC=Cc1c(C)cccc1O. The minimum absolute atomic E-state index is 0.213. The summed E-state index contributed by atoms with van der Waals surface area (Å²) in [5.74, 6) is -0.0737. The number of phenols is 1. The van der Waals surface area contributed by atoms with E-state index in [4.69, 9.17) is 0 Å². The molecule has 0 heterocycles. The molecule has 0 bridgehead atoms. The van der Waals surface area contributed by atoms with Crippen molar-refractivity contribution in [3.8, 4) is 5.75 Å². The zero-order valence-electron chi connectivity index (χ0n) is 8.86. The molecule has 3 heteroatoms. The van der Waals surface area contributed by atoms with Gasteiger partial charge in [0, 0.05) is 5.56 Å². The Hall–Kier alpha value is -1.77. The molecule has 1 N–H and O–H groups in total. The molecule has 0 unspecified atom stereocenters. The molecule has 0 aliphatic carbocycles. The number of ether oxygens (including phenoxy) is 1. The van der Waals surface area contributed by atoms with Gasteiger partial charge >= 0.3 is 5.97 Å². The van der Waals surface area contributed by atoms with E-state index < -0.39 is 0 Å². The summed E-state index contributed by atoms with van der Waals surface area (Å²) in [5, 5.41) is 9.55. The number of aromatic hydroxyl groups is 1. The van der Waals surface area contributed by atoms with Crippen LogP contribution in [-0.4, -0.2) is 18.2 Å². The van der Waals surface area contributed by atoms with E-state index in [0.717, 1.165) is 11.1 Å². The Balaban J connectivity index is 2.76. The van der Waals surface area contributed by atoms with Crippen LogP contribution in [0.1, 0.15) is 17.5 Å². The maximum absolute atomic E-state index is 10.8. The third kappa shape index (κ3) is 3.13. The van der Waals surface area contributed by atoms with Crippen LogP contribution in [-0.2, 0) is 9.53 Å². The standard InChI is InChI=1S/C12H14O3/c1-9-5-3-7-11(13)10(9)6-4-8-12(14)15-2/h3-7,13H,8H2,1-2H3. The van der Waals surface area contributed by atoms with Crippen LogP contribution in [0, 0.1) is 6.92 Å². The molecule has 0 atom stereocenters. The first kappa shape index (κ1) is 11.3. The van der Waals surface area contributed by atoms with Crippen LogP contribution in [0.3, 0.4) is 0 Å². The van der Waals surface area contributed by atoms with Gasteiger partial charge in [-0.15, -0.1) is 0 Å². The quantitative estimate of drug-likeness (QED) is 0.772. The van der Waals surface area contributed by atoms with Gasteiger partial charge in [0.05, 0.1) is 13.5 Å². The molecule has 80 valence electrons. The lowest BCUT2D eigenvalue weighted by Gasteiger charge is -2.02. The Morgan fingerprint density at radius 1 is 1.53 bits per heavy atom. The Bertz CT molecular complexity index is 360. The number of carbonyl (C=O) groups is 1. The van der Waals surface area contributed by atoms with Crippen LogP contribution in [0.25, 0.3) is 6.08 Å². The zero-order valence-corrected chi connectivity index (χ0v) is 8.86. The number of carbonyl (C=O) groups excluding carboxylic acids is 1. The van der Waals surface area contributed by atoms with Gasteiger partial charge in [0.2, 0.25) is 0 Å². The van der Waals surface area contributed by atoms with Gasteiger partial charge in [-0.1, -0.05) is 24.3 Å². The van der Waals surface area contributed by atoms with E-state index in [2.05, 4.69) is 4.74 Å².